The number of aromatic nitrogens is 5. The van der Waals surface area contributed by atoms with Gasteiger partial charge < -0.3 is 10.2 Å². The second-order valence-corrected chi connectivity index (χ2v) is 9.33. The second kappa shape index (κ2) is 9.21. The zero-order chi connectivity index (χ0) is 23.6. The molecule has 2 aromatic heterocycles. The number of carbonyl (C=O) groups is 1. The average molecular weight is 456 g/mol. The number of hydrogen-bond acceptors (Lipinski definition) is 5. The van der Waals surface area contributed by atoms with Gasteiger partial charge in [-0.2, -0.15) is 5.21 Å². The molecule has 0 aliphatic carbocycles. The molecule has 0 radical (unpaired) electrons. The largest absolute Gasteiger partial charge is 0.325 e. The minimum Gasteiger partial charge on any atom is -0.325 e. The monoisotopic (exact) mass is 455 g/mol. The highest BCUT2D eigenvalue weighted by atomic mass is 19.3. The fourth-order valence-electron chi connectivity index (χ4n) is 4.18. The molecule has 10 heteroatoms. The summed E-state index contributed by atoms with van der Waals surface area (Å²) >= 11 is 0. The Kier molecular flexibility index (Phi) is 6.35. The molecule has 1 aliphatic rings. The van der Waals surface area contributed by atoms with E-state index in [0.717, 1.165) is 12.8 Å². The number of urea groups is 1. The van der Waals surface area contributed by atoms with Crippen LogP contribution < -0.4 is 5.32 Å². The lowest BCUT2D eigenvalue weighted by Gasteiger charge is -2.38. The van der Waals surface area contributed by atoms with Gasteiger partial charge in [0.2, 0.25) is 5.82 Å². The molecule has 8 nitrogen and oxygen atoms in total. The van der Waals surface area contributed by atoms with E-state index in [1.165, 1.54) is 12.3 Å². The minimum atomic E-state index is -2.64. The Balaban J connectivity index is 1.54. The van der Waals surface area contributed by atoms with Crippen LogP contribution in [-0.4, -0.2) is 49.6 Å². The number of H-pyrrole nitrogens is 1. The summed E-state index contributed by atoms with van der Waals surface area (Å²) in [5.41, 5.74) is 2.44. The SMILES string of the molecule is CC(C)(C)C1CCN(C(=O)Nc2ccc(-c3ccc(C(F)F)nc3)c(-c3nn[nH]n3)c2)CC1. The van der Waals surface area contributed by atoms with Crippen molar-refractivity contribution in [2.45, 2.75) is 40.0 Å². The van der Waals surface area contributed by atoms with Crippen LogP contribution in [0.3, 0.4) is 0 Å². The number of tetrazole rings is 1. The molecular formula is C23H27F2N7O. The molecule has 2 N–H and O–H groups in total. The fraction of sp³-hybridized carbons (Fsp3) is 0.435. The summed E-state index contributed by atoms with van der Waals surface area (Å²) < 4.78 is 25.7. The third kappa shape index (κ3) is 5.15. The van der Waals surface area contributed by atoms with Crippen LogP contribution >= 0.6 is 0 Å². The van der Waals surface area contributed by atoms with Gasteiger partial charge in [-0.05, 0) is 53.2 Å². The normalized spacial score (nSPS) is 15.2. The standard InChI is InChI=1S/C23H27F2N7O/c1-23(2,3)15-8-10-32(11-9-15)22(33)27-16-5-6-17(18(12-16)21-28-30-31-29-21)14-4-7-19(20(24)25)26-13-14/h4-7,12-13,15,20H,8-11H2,1-3H3,(H,27,33)(H,28,29,30,31). The Labute approximate surface area is 190 Å². The molecule has 174 valence electrons. The minimum absolute atomic E-state index is 0.155. The molecule has 0 atom stereocenters. The first-order valence-corrected chi connectivity index (χ1v) is 10.9. The van der Waals surface area contributed by atoms with Crippen LogP contribution in [0, 0.1) is 11.3 Å². The molecule has 0 unspecified atom stereocenters. The zero-order valence-electron chi connectivity index (χ0n) is 18.8. The third-order valence-corrected chi connectivity index (χ3v) is 6.18. The van der Waals surface area contributed by atoms with Gasteiger partial charge >= 0.3 is 6.03 Å². The fourth-order valence-corrected chi connectivity index (χ4v) is 4.18. The predicted molar refractivity (Wildman–Crippen MR) is 121 cm³/mol. The maximum absolute atomic E-state index is 12.9. The number of anilines is 1. The molecule has 4 rings (SSSR count). The molecule has 3 aromatic rings. The lowest BCUT2D eigenvalue weighted by molar-refractivity contribution is 0.128. The average Bonchev–Trinajstić information content (AvgIpc) is 3.33. The number of piperidine rings is 1. The number of amides is 2. The van der Waals surface area contributed by atoms with E-state index in [1.807, 2.05) is 4.90 Å². The van der Waals surface area contributed by atoms with Gasteiger partial charge in [0.25, 0.3) is 6.43 Å². The van der Waals surface area contributed by atoms with Gasteiger partial charge in [0.1, 0.15) is 5.69 Å². The summed E-state index contributed by atoms with van der Waals surface area (Å²) in [4.78, 5) is 18.5. The number of nitrogens with one attached hydrogen (secondary N) is 2. The molecule has 1 aromatic carbocycles. The van der Waals surface area contributed by atoms with Crippen molar-refractivity contribution in [3.8, 4) is 22.5 Å². The first kappa shape index (κ1) is 22.8. The summed E-state index contributed by atoms with van der Waals surface area (Å²) in [6, 6.07) is 8.01. The molecule has 1 aliphatic heterocycles. The maximum Gasteiger partial charge on any atom is 0.321 e. The van der Waals surface area contributed by atoms with Crippen molar-refractivity contribution in [3.63, 3.8) is 0 Å². The molecule has 2 amide bonds. The lowest BCUT2D eigenvalue weighted by atomic mass is 9.75. The molecule has 33 heavy (non-hydrogen) atoms. The van der Waals surface area contributed by atoms with E-state index in [1.54, 1.807) is 24.3 Å². The van der Waals surface area contributed by atoms with E-state index in [9.17, 15) is 13.6 Å². The van der Waals surface area contributed by atoms with Crippen molar-refractivity contribution in [1.29, 1.82) is 0 Å². The highest BCUT2D eigenvalue weighted by Gasteiger charge is 2.30. The summed E-state index contributed by atoms with van der Waals surface area (Å²) in [6.45, 7) is 8.15. The van der Waals surface area contributed by atoms with E-state index >= 15 is 0 Å². The van der Waals surface area contributed by atoms with Crippen molar-refractivity contribution in [2.24, 2.45) is 11.3 Å². The van der Waals surface area contributed by atoms with Crippen molar-refractivity contribution < 1.29 is 13.6 Å². The Morgan fingerprint density at radius 1 is 1.15 bits per heavy atom. The highest BCUT2D eigenvalue weighted by Crippen LogP contribution is 2.35. The summed E-state index contributed by atoms with van der Waals surface area (Å²) in [6.07, 6.45) is 0.705. The highest BCUT2D eigenvalue weighted by molar-refractivity contribution is 5.92. The Morgan fingerprint density at radius 3 is 2.48 bits per heavy atom. The van der Waals surface area contributed by atoms with E-state index in [0.29, 0.717) is 47.2 Å². The number of nitrogens with zero attached hydrogens (tertiary/aromatic N) is 5. The zero-order valence-corrected chi connectivity index (χ0v) is 18.8. The number of halogens is 2. The third-order valence-electron chi connectivity index (χ3n) is 6.18. The number of benzene rings is 1. The number of hydrogen-bond donors (Lipinski definition) is 2. The molecule has 1 saturated heterocycles. The van der Waals surface area contributed by atoms with Crippen molar-refractivity contribution >= 4 is 11.7 Å². The van der Waals surface area contributed by atoms with Gasteiger partial charge in [0.05, 0.1) is 0 Å². The first-order valence-electron chi connectivity index (χ1n) is 10.9. The summed E-state index contributed by atoms with van der Waals surface area (Å²) in [5.74, 6) is 0.917. The van der Waals surface area contributed by atoms with E-state index in [-0.39, 0.29) is 17.1 Å². The smallest absolute Gasteiger partial charge is 0.321 e. The van der Waals surface area contributed by atoms with Crippen molar-refractivity contribution in [3.05, 3.63) is 42.2 Å². The topological polar surface area (TPSA) is 99.7 Å². The molecule has 0 bridgehead atoms. The number of likely N-dealkylation sites (tertiary alicyclic amines) is 1. The van der Waals surface area contributed by atoms with Crippen LogP contribution in [0.4, 0.5) is 19.3 Å². The van der Waals surface area contributed by atoms with Crippen molar-refractivity contribution in [1.82, 2.24) is 30.5 Å². The first-order chi connectivity index (χ1) is 15.7. The van der Waals surface area contributed by atoms with Crippen LogP contribution in [-0.2, 0) is 0 Å². The lowest BCUT2D eigenvalue weighted by Crippen LogP contribution is -2.43. The van der Waals surface area contributed by atoms with Gasteiger partial charge in [-0.15, -0.1) is 10.2 Å². The van der Waals surface area contributed by atoms with Gasteiger partial charge in [-0.3, -0.25) is 4.98 Å². The molecule has 1 fully saturated rings. The van der Waals surface area contributed by atoms with Gasteiger partial charge in [0.15, 0.2) is 0 Å². The summed E-state index contributed by atoms with van der Waals surface area (Å²) in [5, 5.41) is 17.1. The van der Waals surface area contributed by atoms with Crippen LogP contribution in [0.15, 0.2) is 36.5 Å². The molecule has 0 spiro atoms. The van der Waals surface area contributed by atoms with Crippen LogP contribution in [0.25, 0.3) is 22.5 Å². The number of pyridine rings is 1. The van der Waals surface area contributed by atoms with E-state index in [4.69, 9.17) is 0 Å². The Morgan fingerprint density at radius 2 is 1.91 bits per heavy atom. The Bertz CT molecular complexity index is 1090. The maximum atomic E-state index is 12.9. The van der Waals surface area contributed by atoms with Gasteiger partial charge in [-0.1, -0.05) is 32.9 Å². The van der Waals surface area contributed by atoms with Crippen LogP contribution in [0.1, 0.15) is 45.7 Å². The van der Waals surface area contributed by atoms with Crippen LogP contribution in [0.2, 0.25) is 0 Å². The van der Waals surface area contributed by atoms with Crippen LogP contribution in [0.5, 0.6) is 0 Å². The molecule has 3 heterocycles. The van der Waals surface area contributed by atoms with Crippen molar-refractivity contribution in [2.75, 3.05) is 18.4 Å². The number of carbonyl (C=O) groups excluding carboxylic acids is 1. The molecule has 0 saturated carbocycles. The quantitative estimate of drug-likeness (QED) is 0.566. The summed E-state index contributed by atoms with van der Waals surface area (Å²) in [7, 11) is 0. The van der Waals surface area contributed by atoms with E-state index in [2.05, 4.69) is 51.7 Å². The number of aromatic amines is 1. The van der Waals surface area contributed by atoms with Gasteiger partial charge in [-0.25, -0.2) is 13.6 Å². The molecular weight excluding hydrogens is 428 g/mol. The van der Waals surface area contributed by atoms with E-state index < -0.39 is 6.43 Å². The number of rotatable bonds is 4. The number of alkyl halides is 2. The predicted octanol–water partition coefficient (Wildman–Crippen LogP) is 5.16. The van der Waals surface area contributed by atoms with Gasteiger partial charge in [0, 0.05) is 36.1 Å². The Hall–Kier alpha value is -3.43. The second-order valence-electron chi connectivity index (χ2n) is 9.33.